The Hall–Kier alpha value is -2.62. The Kier molecular flexibility index (Phi) is 8.05. The molecule has 0 aliphatic carbocycles. The Morgan fingerprint density at radius 1 is 1.23 bits per heavy atom. The van der Waals surface area contributed by atoms with Crippen LogP contribution in [-0.2, 0) is 9.53 Å². The third-order valence-electron chi connectivity index (χ3n) is 4.71. The van der Waals surface area contributed by atoms with E-state index < -0.39 is 23.8 Å². The van der Waals surface area contributed by atoms with Crippen LogP contribution in [0.15, 0.2) is 6.07 Å². The zero-order valence-electron chi connectivity index (χ0n) is 18.9. The zero-order valence-corrected chi connectivity index (χ0v) is 19.6. The molecular weight excluding hydrogens is 424 g/mol. The van der Waals surface area contributed by atoms with Crippen molar-refractivity contribution in [3.63, 3.8) is 0 Å². The summed E-state index contributed by atoms with van der Waals surface area (Å²) >= 11 is 5.93. The van der Waals surface area contributed by atoms with Gasteiger partial charge in [0.05, 0.1) is 0 Å². The number of rotatable bonds is 5. The van der Waals surface area contributed by atoms with Crippen molar-refractivity contribution in [2.45, 2.75) is 66.0 Å². The van der Waals surface area contributed by atoms with Crippen molar-refractivity contribution in [2.24, 2.45) is 5.92 Å². The molecule has 31 heavy (non-hydrogen) atoms. The molecular formula is C20H31ClN6O4. The number of anilines is 1. The number of nitrogens with one attached hydrogen (secondary N) is 2. The highest BCUT2D eigenvalue weighted by atomic mass is 35.5. The van der Waals surface area contributed by atoms with Gasteiger partial charge in [-0.15, -0.1) is 0 Å². The molecule has 10 nitrogen and oxygen atoms in total. The summed E-state index contributed by atoms with van der Waals surface area (Å²) in [5.74, 6) is -0.486. The first-order valence-corrected chi connectivity index (χ1v) is 10.7. The number of alkyl carbamates (subject to hydrolysis) is 1. The third kappa shape index (κ3) is 6.95. The van der Waals surface area contributed by atoms with Crippen LogP contribution in [0.1, 0.15) is 53.2 Å². The SMILES string of the molecule is CCC(C)C(NC(=O)OC(C)(C)C)C(=O)N1CCCN1C(=O)Nc1nc(C)cc(Cl)n1. The summed E-state index contributed by atoms with van der Waals surface area (Å²) in [5.41, 5.74) is -0.0926. The molecule has 0 radical (unpaired) electrons. The zero-order chi connectivity index (χ0) is 23.3. The van der Waals surface area contributed by atoms with Crippen LogP contribution in [0.5, 0.6) is 0 Å². The number of halogens is 1. The maximum absolute atomic E-state index is 13.3. The number of hydrogen-bond donors (Lipinski definition) is 2. The Bertz CT molecular complexity index is 808. The summed E-state index contributed by atoms with van der Waals surface area (Å²) in [7, 11) is 0. The van der Waals surface area contributed by atoms with E-state index in [1.54, 1.807) is 33.8 Å². The summed E-state index contributed by atoms with van der Waals surface area (Å²) in [6.07, 6.45) is 0.583. The molecule has 2 rings (SSSR count). The molecule has 2 unspecified atom stereocenters. The molecule has 1 aromatic heterocycles. The maximum Gasteiger partial charge on any atom is 0.408 e. The molecule has 1 aliphatic heterocycles. The van der Waals surface area contributed by atoms with Gasteiger partial charge in [0, 0.05) is 18.8 Å². The number of carbonyl (C=O) groups is 3. The fraction of sp³-hybridized carbons (Fsp3) is 0.650. The van der Waals surface area contributed by atoms with E-state index in [0.717, 1.165) is 0 Å². The Labute approximate surface area is 187 Å². The van der Waals surface area contributed by atoms with Crippen LogP contribution in [0.4, 0.5) is 15.5 Å². The van der Waals surface area contributed by atoms with Crippen molar-refractivity contribution in [3.8, 4) is 0 Å². The van der Waals surface area contributed by atoms with Gasteiger partial charge >= 0.3 is 12.1 Å². The molecule has 1 saturated heterocycles. The molecule has 0 bridgehead atoms. The second-order valence-electron chi connectivity index (χ2n) is 8.53. The minimum Gasteiger partial charge on any atom is -0.444 e. The van der Waals surface area contributed by atoms with Crippen molar-refractivity contribution >= 4 is 35.6 Å². The summed E-state index contributed by atoms with van der Waals surface area (Å²) < 4.78 is 5.31. The van der Waals surface area contributed by atoms with Gasteiger partial charge in [-0.3, -0.25) is 10.1 Å². The number of urea groups is 1. The molecule has 2 atom stereocenters. The smallest absolute Gasteiger partial charge is 0.408 e. The van der Waals surface area contributed by atoms with Crippen LogP contribution in [0.3, 0.4) is 0 Å². The summed E-state index contributed by atoms with van der Waals surface area (Å²) in [6.45, 7) is 11.5. The molecule has 11 heteroatoms. The number of ether oxygens (including phenoxy) is 1. The predicted molar refractivity (Wildman–Crippen MR) is 116 cm³/mol. The van der Waals surface area contributed by atoms with Crippen LogP contribution in [0.25, 0.3) is 0 Å². The van der Waals surface area contributed by atoms with Gasteiger partial charge in [0.15, 0.2) is 0 Å². The van der Waals surface area contributed by atoms with Crippen molar-refractivity contribution in [2.75, 3.05) is 18.4 Å². The van der Waals surface area contributed by atoms with E-state index in [4.69, 9.17) is 16.3 Å². The highest BCUT2D eigenvalue weighted by Crippen LogP contribution is 2.19. The Morgan fingerprint density at radius 2 is 1.87 bits per heavy atom. The van der Waals surface area contributed by atoms with E-state index in [1.807, 2.05) is 13.8 Å². The largest absolute Gasteiger partial charge is 0.444 e. The van der Waals surface area contributed by atoms with Gasteiger partial charge in [0.1, 0.15) is 16.8 Å². The van der Waals surface area contributed by atoms with Crippen molar-refractivity contribution < 1.29 is 19.1 Å². The lowest BCUT2D eigenvalue weighted by atomic mass is 9.98. The van der Waals surface area contributed by atoms with Gasteiger partial charge in [-0.2, -0.15) is 0 Å². The van der Waals surface area contributed by atoms with E-state index in [-0.39, 0.29) is 22.9 Å². The van der Waals surface area contributed by atoms with E-state index >= 15 is 0 Å². The van der Waals surface area contributed by atoms with Crippen molar-refractivity contribution in [3.05, 3.63) is 16.9 Å². The molecule has 4 amide bonds. The van der Waals surface area contributed by atoms with Gasteiger partial charge in [-0.25, -0.2) is 29.6 Å². The minimum atomic E-state index is -0.835. The molecule has 1 aliphatic rings. The molecule has 2 N–H and O–H groups in total. The molecule has 1 fully saturated rings. The summed E-state index contributed by atoms with van der Waals surface area (Å²) in [4.78, 5) is 46.5. The lowest BCUT2D eigenvalue weighted by Crippen LogP contribution is -2.56. The summed E-state index contributed by atoms with van der Waals surface area (Å²) in [5, 5.41) is 8.10. The standard InChI is InChI=1S/C20H31ClN6O4/c1-7-12(2)15(24-19(30)31-20(4,5)6)16(28)26-9-8-10-27(26)18(29)25-17-22-13(3)11-14(21)23-17/h11-12,15H,7-10H2,1-6H3,(H,24,30)(H,22,23,25,29). The lowest BCUT2D eigenvalue weighted by Gasteiger charge is -2.33. The van der Waals surface area contributed by atoms with Gasteiger partial charge < -0.3 is 10.1 Å². The van der Waals surface area contributed by atoms with E-state index in [1.165, 1.54) is 10.0 Å². The average molecular weight is 455 g/mol. The topological polar surface area (TPSA) is 117 Å². The maximum atomic E-state index is 13.3. The molecule has 0 spiro atoms. The third-order valence-corrected chi connectivity index (χ3v) is 4.91. The average Bonchev–Trinajstić information content (AvgIpc) is 3.12. The number of hydrogen-bond acceptors (Lipinski definition) is 6. The lowest BCUT2D eigenvalue weighted by molar-refractivity contribution is -0.143. The number of hydrazine groups is 1. The van der Waals surface area contributed by atoms with Crippen LogP contribution >= 0.6 is 11.6 Å². The van der Waals surface area contributed by atoms with E-state index in [2.05, 4.69) is 20.6 Å². The van der Waals surface area contributed by atoms with Crippen molar-refractivity contribution in [1.29, 1.82) is 0 Å². The Morgan fingerprint density at radius 3 is 2.45 bits per heavy atom. The highest BCUT2D eigenvalue weighted by molar-refractivity contribution is 6.29. The van der Waals surface area contributed by atoms with Crippen LogP contribution in [-0.4, -0.2) is 62.7 Å². The summed E-state index contributed by atoms with van der Waals surface area (Å²) in [6, 6.07) is 0.188. The van der Waals surface area contributed by atoms with Crippen LogP contribution in [0.2, 0.25) is 5.15 Å². The quantitative estimate of drug-likeness (QED) is 0.659. The predicted octanol–water partition coefficient (Wildman–Crippen LogP) is 3.36. The minimum absolute atomic E-state index is 0.0552. The van der Waals surface area contributed by atoms with Crippen molar-refractivity contribution in [1.82, 2.24) is 25.3 Å². The second-order valence-corrected chi connectivity index (χ2v) is 8.92. The van der Waals surface area contributed by atoms with Crippen LogP contribution in [0, 0.1) is 12.8 Å². The van der Waals surface area contributed by atoms with Crippen LogP contribution < -0.4 is 10.6 Å². The second kappa shape index (κ2) is 10.1. The number of amides is 4. The number of aromatic nitrogens is 2. The first-order valence-electron chi connectivity index (χ1n) is 10.3. The number of aryl methyl sites for hydroxylation is 1. The first kappa shape index (κ1) is 24.6. The van der Waals surface area contributed by atoms with Gasteiger partial charge in [-0.05, 0) is 46.1 Å². The number of carbonyl (C=O) groups excluding carboxylic acids is 3. The number of nitrogens with zero attached hydrogens (tertiary/aromatic N) is 4. The van der Waals surface area contributed by atoms with Gasteiger partial charge in [-0.1, -0.05) is 31.9 Å². The van der Waals surface area contributed by atoms with Gasteiger partial charge in [0.2, 0.25) is 5.95 Å². The normalized spacial score (nSPS) is 16.0. The molecule has 0 saturated carbocycles. The molecule has 0 aromatic carbocycles. The highest BCUT2D eigenvalue weighted by Gasteiger charge is 2.38. The molecule has 2 heterocycles. The Balaban J connectivity index is 2.15. The van der Waals surface area contributed by atoms with E-state index in [0.29, 0.717) is 31.6 Å². The van der Waals surface area contributed by atoms with E-state index in [9.17, 15) is 14.4 Å². The first-order chi connectivity index (χ1) is 14.4. The monoisotopic (exact) mass is 454 g/mol. The fourth-order valence-corrected chi connectivity index (χ4v) is 3.31. The fourth-order valence-electron chi connectivity index (χ4n) is 3.08. The van der Waals surface area contributed by atoms with Gasteiger partial charge in [0.25, 0.3) is 5.91 Å². The molecule has 1 aromatic rings. The molecule has 172 valence electrons.